The van der Waals surface area contributed by atoms with Gasteiger partial charge in [0, 0.05) is 32.2 Å². The monoisotopic (exact) mass is 300 g/mol. The van der Waals surface area contributed by atoms with E-state index in [0.29, 0.717) is 26.2 Å². The number of rotatable bonds is 5. The predicted molar refractivity (Wildman–Crippen MR) is 76.9 cm³/mol. The topological polar surface area (TPSA) is 102 Å². The molecule has 0 spiro atoms. The van der Waals surface area contributed by atoms with E-state index in [4.69, 9.17) is 5.11 Å². The minimum absolute atomic E-state index is 0.0375. The van der Waals surface area contributed by atoms with Crippen LogP contribution in [0.1, 0.15) is 20.8 Å². The van der Waals surface area contributed by atoms with Crippen molar-refractivity contribution in [2.45, 2.75) is 32.9 Å². The lowest BCUT2D eigenvalue weighted by molar-refractivity contribution is -0.143. The third-order valence-electron chi connectivity index (χ3n) is 3.36. The minimum Gasteiger partial charge on any atom is -0.480 e. The number of nitrogens with one attached hydrogen (secondary N) is 2. The number of carboxylic acid groups (broad SMARTS) is 1. The molecule has 1 heterocycles. The summed E-state index contributed by atoms with van der Waals surface area (Å²) in [5.41, 5.74) is 0. The van der Waals surface area contributed by atoms with Crippen molar-refractivity contribution in [2.24, 2.45) is 0 Å². The van der Waals surface area contributed by atoms with Gasteiger partial charge in [0.1, 0.15) is 6.04 Å². The van der Waals surface area contributed by atoms with Crippen molar-refractivity contribution in [3.8, 4) is 0 Å². The highest BCUT2D eigenvalue weighted by Gasteiger charge is 2.27. The standard InChI is InChI=1S/C13H24N4O4/c1-9(2)15-11(18)8-14-13(21)17-6-4-16(5-7-17)10(3)12(19)20/h9-10H,4-8H2,1-3H3,(H,14,21)(H,15,18)(H,19,20). The highest BCUT2D eigenvalue weighted by atomic mass is 16.4. The van der Waals surface area contributed by atoms with Gasteiger partial charge in [-0.2, -0.15) is 0 Å². The zero-order valence-corrected chi connectivity index (χ0v) is 12.8. The fourth-order valence-electron chi connectivity index (χ4n) is 2.11. The fourth-order valence-corrected chi connectivity index (χ4v) is 2.11. The maximum atomic E-state index is 11.9. The summed E-state index contributed by atoms with van der Waals surface area (Å²) in [5, 5.41) is 14.2. The Bertz CT molecular complexity index is 392. The Morgan fingerprint density at radius 1 is 1.10 bits per heavy atom. The highest BCUT2D eigenvalue weighted by molar-refractivity contribution is 5.84. The fraction of sp³-hybridized carbons (Fsp3) is 0.769. The first-order valence-electron chi connectivity index (χ1n) is 7.10. The van der Waals surface area contributed by atoms with Gasteiger partial charge in [-0.25, -0.2) is 4.79 Å². The van der Waals surface area contributed by atoms with Crippen LogP contribution in [0.2, 0.25) is 0 Å². The molecule has 3 amide bonds. The zero-order chi connectivity index (χ0) is 16.0. The molecule has 0 radical (unpaired) electrons. The first kappa shape index (κ1) is 17.2. The lowest BCUT2D eigenvalue weighted by atomic mass is 10.2. The van der Waals surface area contributed by atoms with Gasteiger partial charge in [-0.05, 0) is 20.8 Å². The molecule has 0 aliphatic carbocycles. The number of hydrogen-bond acceptors (Lipinski definition) is 4. The van der Waals surface area contributed by atoms with Crippen molar-refractivity contribution in [3.63, 3.8) is 0 Å². The second kappa shape index (κ2) is 7.82. The van der Waals surface area contributed by atoms with Crippen LogP contribution in [-0.2, 0) is 9.59 Å². The van der Waals surface area contributed by atoms with Crippen LogP contribution >= 0.6 is 0 Å². The van der Waals surface area contributed by atoms with Gasteiger partial charge in [0.25, 0.3) is 0 Å². The van der Waals surface area contributed by atoms with Crippen molar-refractivity contribution in [1.82, 2.24) is 20.4 Å². The van der Waals surface area contributed by atoms with Crippen LogP contribution in [0.5, 0.6) is 0 Å². The molecule has 0 aromatic heterocycles. The molecule has 3 N–H and O–H groups in total. The van der Waals surface area contributed by atoms with E-state index < -0.39 is 12.0 Å². The molecular weight excluding hydrogens is 276 g/mol. The smallest absolute Gasteiger partial charge is 0.320 e. The Morgan fingerprint density at radius 2 is 1.67 bits per heavy atom. The van der Waals surface area contributed by atoms with Gasteiger partial charge in [0.15, 0.2) is 0 Å². The molecule has 0 aromatic carbocycles. The van der Waals surface area contributed by atoms with Crippen LogP contribution in [-0.4, -0.2) is 77.6 Å². The van der Waals surface area contributed by atoms with Gasteiger partial charge in [-0.15, -0.1) is 0 Å². The first-order chi connectivity index (χ1) is 9.81. The molecule has 1 saturated heterocycles. The van der Waals surface area contributed by atoms with Crippen molar-refractivity contribution in [2.75, 3.05) is 32.7 Å². The molecule has 1 fully saturated rings. The number of aliphatic carboxylic acids is 1. The average molecular weight is 300 g/mol. The van der Waals surface area contributed by atoms with Crippen LogP contribution in [0.4, 0.5) is 4.79 Å². The minimum atomic E-state index is -0.863. The number of nitrogens with zero attached hydrogens (tertiary/aromatic N) is 2. The summed E-state index contributed by atoms with van der Waals surface area (Å²) in [6, 6.07) is -0.806. The largest absolute Gasteiger partial charge is 0.480 e. The van der Waals surface area contributed by atoms with E-state index in [1.54, 1.807) is 11.8 Å². The van der Waals surface area contributed by atoms with Gasteiger partial charge in [-0.3, -0.25) is 14.5 Å². The van der Waals surface area contributed by atoms with E-state index in [1.807, 2.05) is 18.7 Å². The number of hydrogen-bond donors (Lipinski definition) is 3. The molecule has 1 unspecified atom stereocenters. The number of amides is 3. The molecule has 0 bridgehead atoms. The number of urea groups is 1. The highest BCUT2D eigenvalue weighted by Crippen LogP contribution is 2.06. The Hall–Kier alpha value is -1.83. The van der Waals surface area contributed by atoms with Gasteiger partial charge < -0.3 is 20.6 Å². The van der Waals surface area contributed by atoms with Crippen LogP contribution in [0.15, 0.2) is 0 Å². The summed E-state index contributed by atoms with van der Waals surface area (Å²) < 4.78 is 0. The quantitative estimate of drug-likeness (QED) is 0.624. The number of piperazine rings is 1. The molecule has 8 nitrogen and oxygen atoms in total. The van der Waals surface area contributed by atoms with E-state index >= 15 is 0 Å². The van der Waals surface area contributed by atoms with E-state index in [2.05, 4.69) is 10.6 Å². The molecule has 1 aliphatic rings. The summed E-state index contributed by atoms with van der Waals surface area (Å²) in [7, 11) is 0. The predicted octanol–water partition coefficient (Wildman–Crippen LogP) is -0.689. The molecule has 0 saturated carbocycles. The number of carbonyl (C=O) groups excluding carboxylic acids is 2. The summed E-state index contributed by atoms with van der Waals surface area (Å²) >= 11 is 0. The molecular formula is C13H24N4O4. The molecule has 0 aromatic rings. The van der Waals surface area contributed by atoms with E-state index in [-0.39, 0.29) is 24.5 Å². The second-order valence-corrected chi connectivity index (χ2v) is 5.42. The molecule has 21 heavy (non-hydrogen) atoms. The third-order valence-corrected chi connectivity index (χ3v) is 3.36. The molecule has 120 valence electrons. The Balaban J connectivity index is 2.32. The van der Waals surface area contributed by atoms with Crippen LogP contribution < -0.4 is 10.6 Å². The van der Waals surface area contributed by atoms with Crippen molar-refractivity contribution in [1.29, 1.82) is 0 Å². The number of carbonyl (C=O) groups is 3. The van der Waals surface area contributed by atoms with Crippen molar-refractivity contribution < 1.29 is 19.5 Å². The molecule has 1 rings (SSSR count). The van der Waals surface area contributed by atoms with Gasteiger partial charge in [0.2, 0.25) is 5.91 Å². The van der Waals surface area contributed by atoms with Crippen molar-refractivity contribution in [3.05, 3.63) is 0 Å². The number of carboxylic acids is 1. The Labute approximate surface area is 124 Å². The van der Waals surface area contributed by atoms with E-state index in [9.17, 15) is 14.4 Å². The van der Waals surface area contributed by atoms with Crippen molar-refractivity contribution >= 4 is 17.9 Å². The van der Waals surface area contributed by atoms with Crippen LogP contribution in [0.25, 0.3) is 0 Å². The maximum absolute atomic E-state index is 11.9. The normalized spacial score (nSPS) is 17.4. The summed E-state index contributed by atoms with van der Waals surface area (Å²) in [5.74, 6) is -1.09. The lowest BCUT2D eigenvalue weighted by Gasteiger charge is -2.36. The summed E-state index contributed by atoms with van der Waals surface area (Å²) in [6.07, 6.45) is 0. The van der Waals surface area contributed by atoms with E-state index in [1.165, 1.54) is 0 Å². The lowest BCUT2D eigenvalue weighted by Crippen LogP contribution is -2.55. The van der Waals surface area contributed by atoms with Crippen LogP contribution in [0, 0.1) is 0 Å². The molecule has 1 aliphatic heterocycles. The SMILES string of the molecule is CC(C)NC(=O)CNC(=O)N1CCN(C(C)C(=O)O)CC1. The average Bonchev–Trinajstić information content (AvgIpc) is 2.43. The van der Waals surface area contributed by atoms with Gasteiger partial charge in [-0.1, -0.05) is 0 Å². The van der Waals surface area contributed by atoms with Gasteiger partial charge in [0.05, 0.1) is 6.54 Å². The third kappa shape index (κ3) is 5.58. The molecule has 8 heteroatoms. The first-order valence-corrected chi connectivity index (χ1v) is 7.10. The molecule has 1 atom stereocenters. The Morgan fingerprint density at radius 3 is 2.14 bits per heavy atom. The maximum Gasteiger partial charge on any atom is 0.320 e. The summed E-state index contributed by atoms with van der Waals surface area (Å²) in [6.45, 7) is 7.21. The van der Waals surface area contributed by atoms with Gasteiger partial charge >= 0.3 is 12.0 Å². The van der Waals surface area contributed by atoms with Crippen LogP contribution in [0.3, 0.4) is 0 Å². The summed E-state index contributed by atoms with van der Waals surface area (Å²) in [4.78, 5) is 37.6. The Kier molecular flexibility index (Phi) is 6.41. The van der Waals surface area contributed by atoms with E-state index in [0.717, 1.165) is 0 Å². The second-order valence-electron chi connectivity index (χ2n) is 5.42. The zero-order valence-electron chi connectivity index (χ0n) is 12.8.